The van der Waals surface area contributed by atoms with Gasteiger partial charge in [0.2, 0.25) is 0 Å². The molecule has 0 atom stereocenters. The van der Waals surface area contributed by atoms with Gasteiger partial charge in [-0.15, -0.1) is 0 Å². The summed E-state index contributed by atoms with van der Waals surface area (Å²) in [4.78, 5) is 0. The molecule has 0 fully saturated rings. The molecule has 3 aromatic rings. The minimum absolute atomic E-state index is 0.622. The second kappa shape index (κ2) is 5.43. The third-order valence-corrected chi connectivity index (χ3v) is 3.45. The van der Waals surface area contributed by atoms with Crippen molar-refractivity contribution in [3.63, 3.8) is 0 Å². The van der Waals surface area contributed by atoms with E-state index < -0.39 is 0 Å². The summed E-state index contributed by atoms with van der Waals surface area (Å²) in [6.45, 7) is 0.701. The van der Waals surface area contributed by atoms with Gasteiger partial charge in [0, 0.05) is 17.6 Å². The molecule has 0 saturated carbocycles. The first-order valence-electron chi connectivity index (χ1n) is 6.26. The second-order valence-electron chi connectivity index (χ2n) is 4.49. The smallest absolute Gasteiger partial charge is 0.137 e. The lowest BCUT2D eigenvalue weighted by Gasteiger charge is -2.09. The molecule has 1 aromatic heterocycles. The van der Waals surface area contributed by atoms with E-state index in [4.69, 9.17) is 16.3 Å². The van der Waals surface area contributed by atoms with Crippen LogP contribution in [0.25, 0.3) is 10.9 Å². The lowest BCUT2D eigenvalue weighted by Crippen LogP contribution is -1.99. The average Bonchev–Trinajstić information content (AvgIpc) is 2.92. The van der Waals surface area contributed by atoms with Crippen LogP contribution in [-0.4, -0.2) is 17.3 Å². The molecule has 2 aromatic carbocycles. The van der Waals surface area contributed by atoms with Crippen LogP contribution in [0.5, 0.6) is 5.75 Å². The third kappa shape index (κ3) is 2.56. The maximum absolute atomic E-state index is 6.11. The van der Waals surface area contributed by atoms with Crippen molar-refractivity contribution in [3.05, 3.63) is 53.2 Å². The largest absolute Gasteiger partial charge is 0.495 e. The number of rotatable bonds is 4. The Morgan fingerprint density at radius 1 is 1.25 bits per heavy atom. The van der Waals surface area contributed by atoms with Crippen molar-refractivity contribution >= 4 is 28.2 Å². The van der Waals surface area contributed by atoms with Gasteiger partial charge in [-0.05, 0) is 35.9 Å². The quantitative estimate of drug-likeness (QED) is 0.766. The lowest BCUT2D eigenvalue weighted by molar-refractivity contribution is 0.415. The van der Waals surface area contributed by atoms with E-state index in [9.17, 15) is 0 Å². The van der Waals surface area contributed by atoms with E-state index in [0.29, 0.717) is 17.3 Å². The van der Waals surface area contributed by atoms with E-state index in [1.807, 2.05) is 36.5 Å². The molecule has 0 bridgehead atoms. The summed E-state index contributed by atoms with van der Waals surface area (Å²) in [6, 6.07) is 11.9. The molecule has 0 radical (unpaired) electrons. The number of hydrogen-bond donors (Lipinski definition) is 2. The molecule has 0 aliphatic heterocycles. The number of aromatic nitrogens is 2. The van der Waals surface area contributed by atoms with Crippen LogP contribution in [0.1, 0.15) is 5.56 Å². The molecule has 102 valence electrons. The molecule has 0 aliphatic carbocycles. The number of aromatic amines is 1. The van der Waals surface area contributed by atoms with Crippen LogP contribution in [0.15, 0.2) is 42.6 Å². The van der Waals surface area contributed by atoms with Gasteiger partial charge in [-0.25, -0.2) is 0 Å². The van der Waals surface area contributed by atoms with Gasteiger partial charge in [-0.1, -0.05) is 17.7 Å². The van der Waals surface area contributed by atoms with Crippen LogP contribution in [0, 0.1) is 0 Å². The molecule has 1 heterocycles. The second-order valence-corrected chi connectivity index (χ2v) is 4.90. The van der Waals surface area contributed by atoms with Crippen molar-refractivity contribution in [1.82, 2.24) is 10.2 Å². The van der Waals surface area contributed by atoms with Gasteiger partial charge in [0.1, 0.15) is 5.75 Å². The molecule has 5 heteroatoms. The Labute approximate surface area is 121 Å². The zero-order chi connectivity index (χ0) is 13.9. The van der Waals surface area contributed by atoms with Crippen LogP contribution in [0.4, 0.5) is 5.69 Å². The van der Waals surface area contributed by atoms with Crippen LogP contribution in [0.3, 0.4) is 0 Å². The summed E-state index contributed by atoms with van der Waals surface area (Å²) in [5.74, 6) is 0.690. The molecule has 2 N–H and O–H groups in total. The summed E-state index contributed by atoms with van der Waals surface area (Å²) in [7, 11) is 1.61. The number of benzene rings is 2. The fourth-order valence-electron chi connectivity index (χ4n) is 2.08. The Balaban J connectivity index is 1.73. The van der Waals surface area contributed by atoms with Crippen LogP contribution in [-0.2, 0) is 6.54 Å². The number of nitrogens with one attached hydrogen (secondary N) is 2. The highest BCUT2D eigenvalue weighted by Gasteiger charge is 2.02. The van der Waals surface area contributed by atoms with E-state index in [-0.39, 0.29) is 0 Å². The lowest BCUT2D eigenvalue weighted by atomic mass is 10.2. The van der Waals surface area contributed by atoms with Crippen molar-refractivity contribution in [1.29, 1.82) is 0 Å². The zero-order valence-electron chi connectivity index (χ0n) is 11.0. The van der Waals surface area contributed by atoms with E-state index >= 15 is 0 Å². The molecule has 3 rings (SSSR count). The molecule has 4 nitrogen and oxygen atoms in total. The van der Waals surface area contributed by atoms with E-state index in [2.05, 4.69) is 21.6 Å². The minimum Gasteiger partial charge on any atom is -0.495 e. The van der Waals surface area contributed by atoms with Crippen molar-refractivity contribution in [2.45, 2.75) is 6.54 Å². The number of anilines is 1. The topological polar surface area (TPSA) is 49.9 Å². The SMILES string of the molecule is COc1ccc(CNc2ccc3[nH]ncc3c2)cc1Cl. The Hall–Kier alpha value is -2.20. The predicted octanol–water partition coefficient (Wildman–Crippen LogP) is 3.84. The minimum atomic E-state index is 0.622. The molecule has 0 aliphatic rings. The van der Waals surface area contributed by atoms with Crippen molar-refractivity contribution < 1.29 is 4.74 Å². The summed E-state index contributed by atoms with van der Waals surface area (Å²) in [6.07, 6.45) is 1.81. The highest BCUT2D eigenvalue weighted by Crippen LogP contribution is 2.25. The fraction of sp³-hybridized carbons (Fsp3) is 0.133. The van der Waals surface area contributed by atoms with Crippen LogP contribution >= 0.6 is 11.6 Å². The van der Waals surface area contributed by atoms with Gasteiger partial charge < -0.3 is 10.1 Å². The Bertz CT molecular complexity index is 739. The summed E-state index contributed by atoms with van der Waals surface area (Å²) >= 11 is 6.11. The number of H-pyrrole nitrogens is 1. The molecule has 0 spiro atoms. The molecular weight excluding hydrogens is 274 g/mol. The molecular formula is C15H14ClN3O. The molecule has 0 saturated heterocycles. The normalized spacial score (nSPS) is 10.7. The van der Waals surface area contributed by atoms with Crippen molar-refractivity contribution in [2.24, 2.45) is 0 Å². The third-order valence-electron chi connectivity index (χ3n) is 3.15. The average molecular weight is 288 g/mol. The maximum Gasteiger partial charge on any atom is 0.137 e. The Kier molecular flexibility index (Phi) is 3.48. The first-order chi connectivity index (χ1) is 9.76. The number of nitrogens with zero attached hydrogens (tertiary/aromatic N) is 1. The van der Waals surface area contributed by atoms with E-state index in [1.54, 1.807) is 7.11 Å². The number of ether oxygens (including phenoxy) is 1. The van der Waals surface area contributed by atoms with Gasteiger partial charge in [0.25, 0.3) is 0 Å². The van der Waals surface area contributed by atoms with Gasteiger partial charge in [0.15, 0.2) is 0 Å². The predicted molar refractivity (Wildman–Crippen MR) is 81.4 cm³/mol. The van der Waals surface area contributed by atoms with Crippen LogP contribution < -0.4 is 10.1 Å². The highest BCUT2D eigenvalue weighted by atomic mass is 35.5. The zero-order valence-corrected chi connectivity index (χ0v) is 11.7. The van der Waals surface area contributed by atoms with E-state index in [1.165, 1.54) is 0 Å². The maximum atomic E-state index is 6.11. The number of fused-ring (bicyclic) bond motifs is 1. The van der Waals surface area contributed by atoms with Crippen LogP contribution in [0.2, 0.25) is 5.02 Å². The van der Waals surface area contributed by atoms with Gasteiger partial charge in [0.05, 0.1) is 23.8 Å². The Morgan fingerprint density at radius 3 is 2.95 bits per heavy atom. The Morgan fingerprint density at radius 2 is 2.15 bits per heavy atom. The first kappa shape index (κ1) is 12.8. The molecule has 20 heavy (non-hydrogen) atoms. The standard InChI is InChI=1S/C15H14ClN3O/c1-20-15-5-2-10(6-13(15)16)8-17-12-3-4-14-11(7-12)9-18-19-14/h2-7,9,17H,8H2,1H3,(H,18,19). The van der Waals surface area contributed by atoms with Gasteiger partial charge >= 0.3 is 0 Å². The fourth-order valence-corrected chi connectivity index (χ4v) is 2.36. The monoisotopic (exact) mass is 287 g/mol. The molecule has 0 amide bonds. The van der Waals surface area contributed by atoms with E-state index in [0.717, 1.165) is 22.2 Å². The van der Waals surface area contributed by atoms with Gasteiger partial charge in [-0.2, -0.15) is 5.10 Å². The summed E-state index contributed by atoms with van der Waals surface area (Å²) in [5.41, 5.74) is 3.18. The summed E-state index contributed by atoms with van der Waals surface area (Å²) < 4.78 is 5.14. The van der Waals surface area contributed by atoms with Crippen molar-refractivity contribution in [3.8, 4) is 5.75 Å². The molecule has 0 unspecified atom stereocenters. The number of halogens is 1. The number of hydrogen-bond acceptors (Lipinski definition) is 3. The highest BCUT2D eigenvalue weighted by molar-refractivity contribution is 6.32. The summed E-state index contributed by atoms with van der Waals surface area (Å²) in [5, 5.41) is 12.0. The van der Waals surface area contributed by atoms with Crippen molar-refractivity contribution in [2.75, 3.05) is 12.4 Å². The van der Waals surface area contributed by atoms with Gasteiger partial charge in [-0.3, -0.25) is 5.10 Å². The number of methoxy groups -OCH3 is 1. The first-order valence-corrected chi connectivity index (χ1v) is 6.63.